The van der Waals surface area contributed by atoms with Crippen LogP contribution in [0.2, 0.25) is 0 Å². The Morgan fingerprint density at radius 3 is 2.71 bits per heavy atom. The molecule has 126 valence electrons. The fourth-order valence-electron chi connectivity index (χ4n) is 1.96. The summed E-state index contributed by atoms with van der Waals surface area (Å²) < 4.78 is 11.4. The smallest absolute Gasteiger partial charge is 0.338 e. The lowest BCUT2D eigenvalue weighted by Crippen LogP contribution is -2.12. The Morgan fingerprint density at radius 2 is 2.04 bits per heavy atom. The Morgan fingerprint density at radius 1 is 1.25 bits per heavy atom. The summed E-state index contributed by atoms with van der Waals surface area (Å²) in [5.74, 6) is 0.00744. The Bertz CT molecular complexity index is 751. The van der Waals surface area contributed by atoms with Crippen LogP contribution in [0.4, 0.5) is 11.4 Å². The van der Waals surface area contributed by atoms with Crippen molar-refractivity contribution in [1.29, 1.82) is 0 Å². The van der Waals surface area contributed by atoms with Gasteiger partial charge in [-0.05, 0) is 30.3 Å². The van der Waals surface area contributed by atoms with Crippen LogP contribution in [0, 0.1) is 10.1 Å². The maximum Gasteiger partial charge on any atom is 0.338 e. The molecule has 0 saturated heterocycles. The van der Waals surface area contributed by atoms with Gasteiger partial charge in [-0.15, -0.1) is 0 Å². The van der Waals surface area contributed by atoms with Crippen LogP contribution >= 0.6 is 15.9 Å². The highest BCUT2D eigenvalue weighted by Gasteiger charge is 2.17. The summed E-state index contributed by atoms with van der Waals surface area (Å²) >= 11 is 3.33. The van der Waals surface area contributed by atoms with Crippen molar-refractivity contribution in [1.82, 2.24) is 0 Å². The SMILES string of the molecule is CNc1ccc(C(=O)OCCOc2cccc(Br)c2)cc1[N+](=O)[O-]. The Labute approximate surface area is 146 Å². The number of rotatable bonds is 7. The van der Waals surface area contributed by atoms with Crippen LogP contribution in [0.1, 0.15) is 10.4 Å². The Balaban J connectivity index is 1.90. The second kappa shape index (κ2) is 8.30. The summed E-state index contributed by atoms with van der Waals surface area (Å²) in [5, 5.41) is 13.7. The molecule has 0 aliphatic carbocycles. The van der Waals surface area contributed by atoms with Gasteiger partial charge in [-0.2, -0.15) is 0 Å². The maximum absolute atomic E-state index is 12.0. The minimum atomic E-state index is -0.640. The minimum Gasteiger partial charge on any atom is -0.490 e. The van der Waals surface area contributed by atoms with E-state index < -0.39 is 10.9 Å². The van der Waals surface area contributed by atoms with E-state index >= 15 is 0 Å². The molecule has 0 fully saturated rings. The first-order valence-electron chi connectivity index (χ1n) is 7.03. The highest BCUT2D eigenvalue weighted by atomic mass is 79.9. The average molecular weight is 395 g/mol. The van der Waals surface area contributed by atoms with Crippen molar-refractivity contribution in [3.05, 3.63) is 62.6 Å². The van der Waals surface area contributed by atoms with Crippen molar-refractivity contribution in [3.8, 4) is 5.75 Å². The van der Waals surface area contributed by atoms with E-state index in [4.69, 9.17) is 9.47 Å². The number of nitro benzene ring substituents is 1. The number of carbonyl (C=O) groups excluding carboxylic acids is 1. The lowest BCUT2D eigenvalue weighted by Gasteiger charge is -2.08. The number of benzene rings is 2. The number of anilines is 1. The number of carbonyl (C=O) groups is 1. The number of hydrogen-bond acceptors (Lipinski definition) is 6. The van der Waals surface area contributed by atoms with Crippen LogP contribution in [0.3, 0.4) is 0 Å². The fraction of sp³-hybridized carbons (Fsp3) is 0.188. The highest BCUT2D eigenvalue weighted by Crippen LogP contribution is 2.25. The molecule has 0 spiro atoms. The molecule has 0 saturated carbocycles. The number of ether oxygens (including phenoxy) is 2. The molecule has 0 radical (unpaired) electrons. The molecule has 8 heteroatoms. The van der Waals surface area contributed by atoms with Gasteiger partial charge in [-0.25, -0.2) is 4.79 Å². The number of hydrogen-bond donors (Lipinski definition) is 1. The van der Waals surface area contributed by atoms with E-state index in [9.17, 15) is 14.9 Å². The molecule has 7 nitrogen and oxygen atoms in total. The third kappa shape index (κ3) is 4.69. The van der Waals surface area contributed by atoms with Gasteiger partial charge in [0, 0.05) is 17.6 Å². The zero-order chi connectivity index (χ0) is 17.5. The van der Waals surface area contributed by atoms with Crippen LogP contribution in [-0.4, -0.2) is 31.2 Å². The van der Waals surface area contributed by atoms with Gasteiger partial charge in [-0.1, -0.05) is 22.0 Å². The zero-order valence-electron chi connectivity index (χ0n) is 12.8. The molecule has 1 N–H and O–H groups in total. The molecule has 2 rings (SSSR count). The number of halogens is 1. The van der Waals surface area contributed by atoms with Crippen LogP contribution < -0.4 is 10.1 Å². The molecule has 0 heterocycles. The topological polar surface area (TPSA) is 90.7 Å². The summed E-state index contributed by atoms with van der Waals surface area (Å²) in [6, 6.07) is 11.4. The van der Waals surface area contributed by atoms with Gasteiger partial charge in [0.1, 0.15) is 24.7 Å². The van der Waals surface area contributed by atoms with Crippen LogP contribution in [0.15, 0.2) is 46.9 Å². The van der Waals surface area contributed by atoms with Crippen molar-refractivity contribution >= 4 is 33.3 Å². The molecule has 0 amide bonds. The van der Waals surface area contributed by atoms with E-state index in [1.54, 1.807) is 19.2 Å². The maximum atomic E-state index is 12.0. The summed E-state index contributed by atoms with van der Waals surface area (Å²) in [6.07, 6.45) is 0. The number of esters is 1. The molecule has 24 heavy (non-hydrogen) atoms. The zero-order valence-corrected chi connectivity index (χ0v) is 14.4. The molecular weight excluding hydrogens is 380 g/mol. The quantitative estimate of drug-likeness (QED) is 0.333. The first-order valence-corrected chi connectivity index (χ1v) is 7.82. The van der Waals surface area contributed by atoms with E-state index in [0.717, 1.165) is 4.47 Å². The lowest BCUT2D eigenvalue weighted by atomic mass is 10.1. The number of nitrogens with zero attached hydrogens (tertiary/aromatic N) is 1. The summed E-state index contributed by atoms with van der Waals surface area (Å²) in [7, 11) is 1.57. The standard InChI is InChI=1S/C16H15BrN2O5/c1-18-14-6-5-11(9-15(14)19(21)22)16(20)24-8-7-23-13-4-2-3-12(17)10-13/h2-6,9-10,18H,7-8H2,1H3. The highest BCUT2D eigenvalue weighted by molar-refractivity contribution is 9.10. The number of nitro groups is 1. The Kier molecular flexibility index (Phi) is 6.14. The van der Waals surface area contributed by atoms with Gasteiger partial charge in [-0.3, -0.25) is 10.1 Å². The third-order valence-corrected chi connectivity index (χ3v) is 3.57. The van der Waals surface area contributed by atoms with Gasteiger partial charge in [0.05, 0.1) is 10.5 Å². The van der Waals surface area contributed by atoms with Crippen molar-refractivity contribution in [2.45, 2.75) is 0 Å². The van der Waals surface area contributed by atoms with E-state index in [1.165, 1.54) is 18.2 Å². The molecule has 0 unspecified atom stereocenters. The molecule has 0 aliphatic rings. The molecule has 0 atom stereocenters. The van der Waals surface area contributed by atoms with Gasteiger partial charge in [0.15, 0.2) is 0 Å². The molecule has 2 aromatic rings. The second-order valence-electron chi connectivity index (χ2n) is 4.68. The van der Waals surface area contributed by atoms with Crippen LogP contribution in [0.5, 0.6) is 5.75 Å². The van der Waals surface area contributed by atoms with E-state index in [2.05, 4.69) is 21.2 Å². The molecule has 0 aliphatic heterocycles. The first-order chi connectivity index (χ1) is 11.5. The van der Waals surface area contributed by atoms with Gasteiger partial charge >= 0.3 is 5.97 Å². The van der Waals surface area contributed by atoms with Crippen LogP contribution in [0.25, 0.3) is 0 Å². The third-order valence-electron chi connectivity index (χ3n) is 3.08. The van der Waals surface area contributed by atoms with Crippen molar-refractivity contribution in [2.24, 2.45) is 0 Å². The minimum absolute atomic E-state index is 0.0346. The monoisotopic (exact) mass is 394 g/mol. The van der Waals surface area contributed by atoms with Crippen LogP contribution in [-0.2, 0) is 4.74 Å². The van der Waals surface area contributed by atoms with E-state index in [-0.39, 0.29) is 24.5 Å². The lowest BCUT2D eigenvalue weighted by molar-refractivity contribution is -0.384. The number of nitrogens with one attached hydrogen (secondary N) is 1. The predicted molar refractivity (Wildman–Crippen MR) is 92.6 cm³/mol. The van der Waals surface area contributed by atoms with Gasteiger partial charge in [0.2, 0.25) is 0 Å². The molecule has 0 bridgehead atoms. The first kappa shape index (κ1) is 17.7. The van der Waals surface area contributed by atoms with Crippen molar-refractivity contribution < 1.29 is 19.2 Å². The molecule has 0 aromatic heterocycles. The summed E-state index contributed by atoms with van der Waals surface area (Å²) in [4.78, 5) is 22.4. The fourth-order valence-corrected chi connectivity index (χ4v) is 2.33. The van der Waals surface area contributed by atoms with Gasteiger partial charge in [0.25, 0.3) is 5.69 Å². The summed E-state index contributed by atoms with van der Waals surface area (Å²) in [5.41, 5.74) is 0.259. The molecule has 2 aromatic carbocycles. The normalized spacial score (nSPS) is 10.1. The molecular formula is C16H15BrN2O5. The largest absolute Gasteiger partial charge is 0.490 e. The average Bonchev–Trinajstić information content (AvgIpc) is 2.58. The van der Waals surface area contributed by atoms with Crippen molar-refractivity contribution in [2.75, 3.05) is 25.6 Å². The van der Waals surface area contributed by atoms with E-state index in [1.807, 2.05) is 12.1 Å². The van der Waals surface area contributed by atoms with Crippen molar-refractivity contribution in [3.63, 3.8) is 0 Å². The second-order valence-corrected chi connectivity index (χ2v) is 5.60. The van der Waals surface area contributed by atoms with Gasteiger partial charge < -0.3 is 14.8 Å². The predicted octanol–water partition coefficient (Wildman–Crippen LogP) is 3.63. The van der Waals surface area contributed by atoms with E-state index in [0.29, 0.717) is 11.4 Å². The Hall–Kier alpha value is -2.61. The summed E-state index contributed by atoms with van der Waals surface area (Å²) in [6.45, 7) is 0.214.